The normalized spacial score (nSPS) is 14.2. The van der Waals surface area contributed by atoms with E-state index in [9.17, 15) is 17.2 Å². The van der Waals surface area contributed by atoms with Crippen molar-refractivity contribution in [1.82, 2.24) is 4.31 Å². The third kappa shape index (κ3) is 2.75. The number of halogens is 3. The van der Waals surface area contributed by atoms with Gasteiger partial charge in [0.25, 0.3) is 10.0 Å². The van der Waals surface area contributed by atoms with Crippen molar-refractivity contribution in [1.29, 1.82) is 0 Å². The molecule has 0 aliphatic carbocycles. The minimum absolute atomic E-state index is 0.0462. The standard InChI is InChI=1S/C6H12ClF2NO2S/c1-6(2,4-7)10(3)13(11,12)5(8)9/h5H,4H2,1-3H3. The second-order valence-electron chi connectivity index (χ2n) is 3.22. The highest BCUT2D eigenvalue weighted by atomic mass is 35.5. The van der Waals surface area contributed by atoms with Crippen molar-refractivity contribution in [3.8, 4) is 0 Å². The van der Waals surface area contributed by atoms with Crippen LogP contribution in [0.1, 0.15) is 13.8 Å². The Morgan fingerprint density at radius 2 is 1.85 bits per heavy atom. The molecule has 0 N–H and O–H groups in total. The predicted molar refractivity (Wildman–Crippen MR) is 47.5 cm³/mol. The SMILES string of the molecule is CN(C(C)(C)CCl)S(=O)(=O)C(F)F. The van der Waals surface area contributed by atoms with Crippen molar-refractivity contribution in [3.63, 3.8) is 0 Å². The Morgan fingerprint density at radius 3 is 2.08 bits per heavy atom. The van der Waals surface area contributed by atoms with Crippen molar-refractivity contribution in [2.75, 3.05) is 12.9 Å². The molecule has 0 atom stereocenters. The quantitative estimate of drug-likeness (QED) is 0.693. The lowest BCUT2D eigenvalue weighted by Crippen LogP contribution is -2.48. The fourth-order valence-corrected chi connectivity index (χ4v) is 1.79. The van der Waals surface area contributed by atoms with E-state index in [2.05, 4.69) is 0 Å². The first-order valence-corrected chi connectivity index (χ1v) is 5.52. The Labute approximate surface area is 81.7 Å². The van der Waals surface area contributed by atoms with Crippen LogP contribution < -0.4 is 0 Å². The lowest BCUT2D eigenvalue weighted by atomic mass is 10.1. The molecular formula is C6H12ClF2NO2S. The van der Waals surface area contributed by atoms with E-state index >= 15 is 0 Å². The van der Waals surface area contributed by atoms with E-state index in [4.69, 9.17) is 11.6 Å². The Balaban J connectivity index is 4.91. The zero-order valence-corrected chi connectivity index (χ0v) is 9.16. The summed E-state index contributed by atoms with van der Waals surface area (Å²) in [6, 6.07) is 0. The van der Waals surface area contributed by atoms with Crippen molar-refractivity contribution >= 4 is 21.6 Å². The Kier molecular flexibility index (Phi) is 4.08. The maximum absolute atomic E-state index is 12.1. The van der Waals surface area contributed by atoms with E-state index in [1.165, 1.54) is 13.8 Å². The van der Waals surface area contributed by atoms with Crippen molar-refractivity contribution in [2.24, 2.45) is 0 Å². The highest BCUT2D eigenvalue weighted by Crippen LogP contribution is 2.21. The van der Waals surface area contributed by atoms with Crippen LogP contribution in [0.3, 0.4) is 0 Å². The summed E-state index contributed by atoms with van der Waals surface area (Å²) >= 11 is 5.45. The molecule has 0 amide bonds. The van der Waals surface area contributed by atoms with Crippen LogP contribution in [0, 0.1) is 0 Å². The number of rotatable bonds is 4. The molecular weight excluding hydrogens is 224 g/mol. The van der Waals surface area contributed by atoms with Crippen LogP contribution >= 0.6 is 11.6 Å². The summed E-state index contributed by atoms with van der Waals surface area (Å²) in [7, 11) is -3.44. The van der Waals surface area contributed by atoms with Crippen molar-refractivity contribution < 1.29 is 17.2 Å². The summed E-state index contributed by atoms with van der Waals surface area (Å²) in [6.07, 6.45) is 0. The van der Waals surface area contributed by atoms with E-state index in [1.807, 2.05) is 0 Å². The summed E-state index contributed by atoms with van der Waals surface area (Å²) in [5.41, 5.74) is -1.00. The zero-order valence-electron chi connectivity index (χ0n) is 7.59. The highest BCUT2D eigenvalue weighted by molar-refractivity contribution is 7.89. The third-order valence-corrected chi connectivity index (χ3v) is 4.15. The molecule has 0 radical (unpaired) electrons. The predicted octanol–water partition coefficient (Wildman–Crippen LogP) is 1.49. The molecule has 0 saturated heterocycles. The first-order chi connectivity index (χ1) is 5.66. The number of alkyl halides is 3. The molecule has 0 aliphatic heterocycles. The molecule has 80 valence electrons. The van der Waals surface area contributed by atoms with Crippen LogP contribution in [0.4, 0.5) is 8.78 Å². The van der Waals surface area contributed by atoms with Crippen LogP contribution in [0.2, 0.25) is 0 Å². The molecule has 0 bridgehead atoms. The van der Waals surface area contributed by atoms with Gasteiger partial charge in [-0.25, -0.2) is 8.42 Å². The van der Waals surface area contributed by atoms with Crippen LogP contribution in [-0.2, 0) is 10.0 Å². The number of hydrogen-bond donors (Lipinski definition) is 0. The summed E-state index contributed by atoms with van der Waals surface area (Å²) in [5, 5.41) is 0. The summed E-state index contributed by atoms with van der Waals surface area (Å²) in [5.74, 6) is -3.45. The molecule has 0 rings (SSSR count). The van der Waals surface area contributed by atoms with Crippen LogP contribution in [0.25, 0.3) is 0 Å². The van der Waals surface area contributed by atoms with Gasteiger partial charge < -0.3 is 0 Å². The van der Waals surface area contributed by atoms with Gasteiger partial charge in [-0.2, -0.15) is 13.1 Å². The van der Waals surface area contributed by atoms with Gasteiger partial charge in [-0.1, -0.05) is 0 Å². The maximum Gasteiger partial charge on any atom is 0.350 e. The van der Waals surface area contributed by atoms with Crippen molar-refractivity contribution in [2.45, 2.75) is 25.1 Å². The molecule has 0 unspecified atom stereocenters. The van der Waals surface area contributed by atoms with Gasteiger partial charge in [0.2, 0.25) is 0 Å². The van der Waals surface area contributed by atoms with Crippen molar-refractivity contribution in [3.05, 3.63) is 0 Å². The fourth-order valence-electron chi connectivity index (χ4n) is 0.548. The molecule has 0 aromatic heterocycles. The molecule has 0 aliphatic rings. The average Bonchev–Trinajstić information content (AvgIpc) is 2.02. The zero-order chi connectivity index (χ0) is 10.9. The monoisotopic (exact) mass is 235 g/mol. The first kappa shape index (κ1) is 13.1. The number of nitrogens with zero attached hydrogens (tertiary/aromatic N) is 1. The summed E-state index contributed by atoms with van der Waals surface area (Å²) in [6.45, 7) is 2.94. The van der Waals surface area contributed by atoms with E-state index in [1.54, 1.807) is 0 Å². The number of sulfonamides is 1. The van der Waals surface area contributed by atoms with Crippen LogP contribution in [0.5, 0.6) is 0 Å². The van der Waals surface area contributed by atoms with Crippen LogP contribution in [0.15, 0.2) is 0 Å². The Bertz CT molecular complexity index is 266. The average molecular weight is 236 g/mol. The first-order valence-electron chi connectivity index (χ1n) is 3.48. The lowest BCUT2D eigenvalue weighted by Gasteiger charge is -2.32. The van der Waals surface area contributed by atoms with Gasteiger partial charge in [0, 0.05) is 18.5 Å². The number of hydrogen-bond acceptors (Lipinski definition) is 2. The minimum atomic E-state index is -4.53. The second kappa shape index (κ2) is 4.06. The Hall–Kier alpha value is 0.0600. The largest absolute Gasteiger partial charge is 0.350 e. The van der Waals surface area contributed by atoms with Gasteiger partial charge in [-0.3, -0.25) is 0 Å². The highest BCUT2D eigenvalue weighted by Gasteiger charge is 2.38. The molecule has 0 aromatic carbocycles. The van der Waals surface area contributed by atoms with E-state index < -0.39 is 21.3 Å². The molecule has 0 spiro atoms. The summed E-state index contributed by atoms with van der Waals surface area (Å²) in [4.78, 5) is 0. The molecule has 0 fully saturated rings. The van der Waals surface area contributed by atoms with Crippen LogP contribution in [-0.4, -0.2) is 36.9 Å². The second-order valence-corrected chi connectivity index (χ2v) is 5.42. The molecule has 0 aromatic rings. The van der Waals surface area contributed by atoms with Gasteiger partial charge in [-0.05, 0) is 13.8 Å². The smallest absolute Gasteiger partial charge is 0.206 e. The van der Waals surface area contributed by atoms with E-state index in [0.717, 1.165) is 7.05 Å². The van der Waals surface area contributed by atoms with Gasteiger partial charge >= 0.3 is 5.76 Å². The molecule has 0 saturated carbocycles. The van der Waals surface area contributed by atoms with Gasteiger partial charge in [0.05, 0.1) is 0 Å². The molecule has 13 heavy (non-hydrogen) atoms. The summed E-state index contributed by atoms with van der Waals surface area (Å²) < 4.78 is 46.6. The molecule has 3 nitrogen and oxygen atoms in total. The third-order valence-electron chi connectivity index (χ3n) is 1.79. The lowest BCUT2D eigenvalue weighted by molar-refractivity contribution is 0.203. The molecule has 0 heterocycles. The van der Waals surface area contributed by atoms with Gasteiger partial charge in [0.15, 0.2) is 0 Å². The molecule has 7 heteroatoms. The van der Waals surface area contributed by atoms with E-state index in [0.29, 0.717) is 4.31 Å². The van der Waals surface area contributed by atoms with E-state index in [-0.39, 0.29) is 5.88 Å². The van der Waals surface area contributed by atoms with Gasteiger partial charge in [0.1, 0.15) is 0 Å². The minimum Gasteiger partial charge on any atom is -0.206 e. The van der Waals surface area contributed by atoms with Gasteiger partial charge in [-0.15, -0.1) is 11.6 Å². The topological polar surface area (TPSA) is 37.4 Å². The Morgan fingerprint density at radius 1 is 1.46 bits per heavy atom. The maximum atomic E-state index is 12.1. The fraction of sp³-hybridized carbons (Fsp3) is 1.00.